The summed E-state index contributed by atoms with van der Waals surface area (Å²) in [6.45, 7) is -0.730. The molecule has 0 radical (unpaired) electrons. The molecule has 0 unspecified atom stereocenters. The van der Waals surface area contributed by atoms with Crippen molar-refractivity contribution in [1.29, 1.82) is 5.26 Å². The number of nitrogens with one attached hydrogen (secondary N) is 1. The molecule has 0 aliphatic heterocycles. The molecule has 6 nitrogen and oxygen atoms in total. The molecule has 3 aromatic rings. The second-order valence-corrected chi connectivity index (χ2v) is 5.66. The molecule has 27 heavy (non-hydrogen) atoms. The quantitative estimate of drug-likeness (QED) is 0.682. The Morgan fingerprint density at radius 1 is 0.926 bits per heavy atom. The monoisotopic (exact) mass is 360 g/mol. The van der Waals surface area contributed by atoms with Gasteiger partial charge in [-0.15, -0.1) is 0 Å². The molecule has 1 amide bonds. The van der Waals surface area contributed by atoms with Gasteiger partial charge in [0.25, 0.3) is 5.91 Å². The number of fused-ring (bicyclic) bond motifs is 1. The Morgan fingerprint density at radius 2 is 1.67 bits per heavy atom. The Hall–Kier alpha value is -3.85. The van der Waals surface area contributed by atoms with Gasteiger partial charge in [0, 0.05) is 11.1 Å². The summed E-state index contributed by atoms with van der Waals surface area (Å²) in [6, 6.07) is 21.6. The number of carbonyl (C=O) groups is 2. The predicted molar refractivity (Wildman–Crippen MR) is 100 cm³/mol. The molecule has 3 aromatic carbocycles. The first kappa shape index (κ1) is 18.0. The lowest BCUT2D eigenvalue weighted by molar-refractivity contribution is -0.149. The van der Waals surface area contributed by atoms with E-state index < -0.39 is 18.5 Å². The van der Waals surface area contributed by atoms with E-state index in [4.69, 9.17) is 14.7 Å². The summed E-state index contributed by atoms with van der Waals surface area (Å²) in [5.74, 6) is -0.656. The van der Waals surface area contributed by atoms with Gasteiger partial charge in [-0.25, -0.2) is 4.79 Å². The highest BCUT2D eigenvalue weighted by Crippen LogP contribution is 2.22. The van der Waals surface area contributed by atoms with Crippen LogP contribution in [0.15, 0.2) is 66.7 Å². The Balaban J connectivity index is 1.48. The standard InChI is InChI=1S/C21H16N2O4/c22-12-15-8-10-17(11-9-15)26-14-21(25)27-13-20(24)23-19-7-3-5-16-4-1-2-6-18(16)19/h1-11H,13-14H2,(H,23,24). The van der Waals surface area contributed by atoms with Crippen molar-refractivity contribution in [3.8, 4) is 11.8 Å². The molecule has 0 bridgehead atoms. The van der Waals surface area contributed by atoms with E-state index in [1.54, 1.807) is 30.3 Å². The van der Waals surface area contributed by atoms with E-state index in [-0.39, 0.29) is 6.61 Å². The summed E-state index contributed by atoms with van der Waals surface area (Å²) < 4.78 is 10.2. The molecule has 0 aliphatic rings. The van der Waals surface area contributed by atoms with Crippen molar-refractivity contribution in [3.05, 3.63) is 72.3 Å². The fraction of sp³-hybridized carbons (Fsp3) is 0.0952. The Morgan fingerprint density at radius 3 is 2.44 bits per heavy atom. The Kier molecular flexibility index (Phi) is 5.65. The van der Waals surface area contributed by atoms with E-state index in [1.807, 2.05) is 42.5 Å². The van der Waals surface area contributed by atoms with Gasteiger partial charge in [-0.3, -0.25) is 4.79 Å². The van der Waals surface area contributed by atoms with Crippen molar-refractivity contribution < 1.29 is 19.1 Å². The molecule has 6 heteroatoms. The first-order chi connectivity index (χ1) is 13.2. The summed E-state index contributed by atoms with van der Waals surface area (Å²) in [6.07, 6.45) is 0. The summed E-state index contributed by atoms with van der Waals surface area (Å²) in [4.78, 5) is 23.8. The fourth-order valence-electron chi connectivity index (χ4n) is 2.48. The predicted octanol–water partition coefficient (Wildman–Crippen LogP) is 3.27. The highest BCUT2D eigenvalue weighted by atomic mass is 16.6. The van der Waals surface area contributed by atoms with Gasteiger partial charge in [0.1, 0.15) is 5.75 Å². The van der Waals surface area contributed by atoms with E-state index in [1.165, 1.54) is 0 Å². The topological polar surface area (TPSA) is 88.4 Å². The van der Waals surface area contributed by atoms with Crippen molar-refractivity contribution >= 4 is 28.3 Å². The van der Waals surface area contributed by atoms with Crippen molar-refractivity contribution in [2.75, 3.05) is 18.5 Å². The average Bonchev–Trinajstić information content (AvgIpc) is 2.71. The number of anilines is 1. The van der Waals surface area contributed by atoms with Crippen molar-refractivity contribution in [2.24, 2.45) is 0 Å². The highest BCUT2D eigenvalue weighted by molar-refractivity contribution is 6.02. The molecular formula is C21H16N2O4. The van der Waals surface area contributed by atoms with E-state index in [0.717, 1.165) is 10.8 Å². The fourth-order valence-corrected chi connectivity index (χ4v) is 2.48. The number of amides is 1. The van der Waals surface area contributed by atoms with Gasteiger partial charge >= 0.3 is 5.97 Å². The van der Waals surface area contributed by atoms with E-state index in [2.05, 4.69) is 5.32 Å². The van der Waals surface area contributed by atoms with E-state index >= 15 is 0 Å². The van der Waals surface area contributed by atoms with Crippen LogP contribution in [0.5, 0.6) is 5.75 Å². The molecule has 3 rings (SSSR count). The minimum absolute atomic E-state index is 0.326. The van der Waals surface area contributed by atoms with Gasteiger partial charge in [0.2, 0.25) is 0 Å². The molecule has 0 aromatic heterocycles. The van der Waals surface area contributed by atoms with Crippen LogP contribution in [0.4, 0.5) is 5.69 Å². The van der Waals surface area contributed by atoms with Crippen LogP contribution in [0.2, 0.25) is 0 Å². The van der Waals surface area contributed by atoms with Crippen LogP contribution in [-0.2, 0) is 14.3 Å². The molecule has 0 saturated carbocycles. The molecule has 0 aliphatic carbocycles. The number of esters is 1. The van der Waals surface area contributed by atoms with Crippen LogP contribution in [0.3, 0.4) is 0 Å². The molecule has 0 atom stereocenters. The number of ether oxygens (including phenoxy) is 2. The number of benzene rings is 3. The summed E-state index contributed by atoms with van der Waals surface area (Å²) in [5.41, 5.74) is 1.15. The molecule has 0 heterocycles. The number of hydrogen-bond donors (Lipinski definition) is 1. The number of rotatable bonds is 6. The summed E-state index contributed by atoms with van der Waals surface area (Å²) in [5, 5.41) is 13.4. The summed E-state index contributed by atoms with van der Waals surface area (Å²) >= 11 is 0. The van der Waals surface area contributed by atoms with E-state index in [0.29, 0.717) is 17.0 Å². The normalized spacial score (nSPS) is 10.0. The van der Waals surface area contributed by atoms with Gasteiger partial charge < -0.3 is 14.8 Å². The Bertz CT molecular complexity index is 1000. The molecule has 0 saturated heterocycles. The number of carbonyl (C=O) groups excluding carboxylic acids is 2. The molecule has 134 valence electrons. The van der Waals surface area contributed by atoms with Crippen LogP contribution < -0.4 is 10.1 Å². The molecule has 0 spiro atoms. The largest absolute Gasteiger partial charge is 0.482 e. The van der Waals surface area contributed by atoms with Gasteiger partial charge in [-0.2, -0.15) is 5.26 Å². The van der Waals surface area contributed by atoms with Crippen LogP contribution in [0.1, 0.15) is 5.56 Å². The average molecular weight is 360 g/mol. The maximum Gasteiger partial charge on any atom is 0.344 e. The maximum absolute atomic E-state index is 12.0. The van der Waals surface area contributed by atoms with Gasteiger partial charge in [-0.1, -0.05) is 36.4 Å². The SMILES string of the molecule is N#Cc1ccc(OCC(=O)OCC(=O)Nc2cccc3ccccc23)cc1. The molecule has 0 fully saturated rings. The van der Waals surface area contributed by atoms with Crippen LogP contribution in [-0.4, -0.2) is 25.1 Å². The van der Waals surface area contributed by atoms with Gasteiger partial charge in [0.05, 0.1) is 11.6 Å². The lowest BCUT2D eigenvalue weighted by atomic mass is 10.1. The first-order valence-corrected chi connectivity index (χ1v) is 8.22. The van der Waals surface area contributed by atoms with Crippen LogP contribution >= 0.6 is 0 Å². The van der Waals surface area contributed by atoms with Crippen LogP contribution in [0, 0.1) is 11.3 Å². The van der Waals surface area contributed by atoms with Gasteiger partial charge in [0.15, 0.2) is 13.2 Å². The number of hydrogen-bond acceptors (Lipinski definition) is 5. The molecule has 1 N–H and O–H groups in total. The third kappa shape index (κ3) is 4.83. The third-order valence-corrected chi connectivity index (χ3v) is 3.77. The first-order valence-electron chi connectivity index (χ1n) is 8.22. The minimum Gasteiger partial charge on any atom is -0.482 e. The lowest BCUT2D eigenvalue weighted by Crippen LogP contribution is -2.23. The van der Waals surface area contributed by atoms with Crippen molar-refractivity contribution in [3.63, 3.8) is 0 Å². The molecular weight excluding hydrogens is 344 g/mol. The number of nitrogens with zero attached hydrogens (tertiary/aromatic N) is 1. The third-order valence-electron chi connectivity index (χ3n) is 3.77. The Labute approximate surface area is 155 Å². The maximum atomic E-state index is 12.0. The number of nitriles is 1. The minimum atomic E-state index is -0.660. The van der Waals surface area contributed by atoms with Crippen molar-refractivity contribution in [1.82, 2.24) is 0 Å². The zero-order valence-corrected chi connectivity index (χ0v) is 14.3. The van der Waals surface area contributed by atoms with Crippen LogP contribution in [0.25, 0.3) is 10.8 Å². The lowest BCUT2D eigenvalue weighted by Gasteiger charge is -2.10. The second kappa shape index (κ2) is 8.50. The van der Waals surface area contributed by atoms with Gasteiger partial charge in [-0.05, 0) is 35.7 Å². The smallest absolute Gasteiger partial charge is 0.344 e. The zero-order valence-electron chi connectivity index (χ0n) is 14.3. The summed E-state index contributed by atoms with van der Waals surface area (Å²) in [7, 11) is 0. The second-order valence-electron chi connectivity index (χ2n) is 5.66. The zero-order chi connectivity index (χ0) is 19.1. The van der Waals surface area contributed by atoms with E-state index in [9.17, 15) is 9.59 Å². The highest BCUT2D eigenvalue weighted by Gasteiger charge is 2.10. The van der Waals surface area contributed by atoms with Crippen molar-refractivity contribution in [2.45, 2.75) is 0 Å².